The summed E-state index contributed by atoms with van der Waals surface area (Å²) in [6, 6.07) is 38.7. The van der Waals surface area contributed by atoms with Crippen LogP contribution in [0.3, 0.4) is 0 Å². The highest BCUT2D eigenvalue weighted by Gasteiger charge is 2.37. The van der Waals surface area contributed by atoms with E-state index in [9.17, 15) is 0 Å². The molecule has 1 atom stereocenters. The van der Waals surface area contributed by atoms with Crippen LogP contribution in [-0.4, -0.2) is 0 Å². The van der Waals surface area contributed by atoms with Crippen LogP contribution in [0.2, 0.25) is 0 Å². The number of ether oxygens (including phenoxy) is 1. The van der Waals surface area contributed by atoms with E-state index in [4.69, 9.17) is 13.0 Å². The summed E-state index contributed by atoms with van der Waals surface area (Å²) in [4.78, 5) is 0. The van der Waals surface area contributed by atoms with Crippen molar-refractivity contribution in [2.45, 2.75) is 59.2 Å². The minimum atomic E-state index is -2.47. The van der Waals surface area contributed by atoms with Crippen LogP contribution in [0.1, 0.15) is 70.6 Å². The van der Waals surface area contributed by atoms with Gasteiger partial charge in [0.05, 0.1) is 0 Å². The van der Waals surface area contributed by atoms with E-state index in [2.05, 4.69) is 106 Å². The Balaban J connectivity index is 1.49. The molecule has 1 heterocycles. The summed E-state index contributed by atoms with van der Waals surface area (Å²) in [5, 5.41) is 0. The molecule has 1 unspecified atom stereocenters. The molecule has 6 aromatic carbocycles. The molecule has 0 fully saturated rings. The van der Waals surface area contributed by atoms with Crippen molar-refractivity contribution in [3.8, 4) is 67.1 Å². The Labute approximate surface area is 282 Å². The lowest BCUT2D eigenvalue weighted by Gasteiger charge is -2.37. The lowest BCUT2D eigenvalue weighted by atomic mass is 9.72. The largest absolute Gasteiger partial charge is 0.456 e. The van der Waals surface area contributed by atoms with Crippen molar-refractivity contribution < 1.29 is 13.0 Å². The van der Waals surface area contributed by atoms with Gasteiger partial charge in [-0.25, -0.2) is 0 Å². The van der Waals surface area contributed by atoms with Gasteiger partial charge in [0.15, 0.2) is 0 Å². The third kappa shape index (κ3) is 4.22. The smallest absolute Gasteiger partial charge is 0.139 e. The normalized spacial score (nSPS) is 18.5. The average Bonchev–Trinajstić information content (AvgIpc) is 3.09. The molecule has 0 aromatic heterocycles. The van der Waals surface area contributed by atoms with Crippen molar-refractivity contribution in [1.82, 2.24) is 0 Å². The number of aryl methyl sites for hydroxylation is 2. The van der Waals surface area contributed by atoms with Crippen LogP contribution in [0, 0.1) is 13.8 Å². The van der Waals surface area contributed by atoms with Gasteiger partial charge in [-0.3, -0.25) is 0 Å². The molecule has 0 spiro atoms. The summed E-state index contributed by atoms with van der Waals surface area (Å²) >= 11 is 0. The van der Waals surface area contributed by atoms with Gasteiger partial charge < -0.3 is 4.74 Å². The van der Waals surface area contributed by atoms with Gasteiger partial charge >= 0.3 is 0 Å². The number of rotatable bonds is 1. The average molecular weight is 603 g/mol. The molecule has 226 valence electrons. The van der Waals surface area contributed by atoms with E-state index in [-0.39, 0.29) is 16.7 Å². The van der Waals surface area contributed by atoms with Gasteiger partial charge in [-0.05, 0) is 104 Å². The van der Waals surface area contributed by atoms with E-state index < -0.39 is 19.1 Å². The first-order valence-electron chi connectivity index (χ1n) is 18.9. The predicted molar refractivity (Wildman–Crippen MR) is 194 cm³/mol. The van der Waals surface area contributed by atoms with Crippen molar-refractivity contribution in [3.05, 3.63) is 143 Å². The van der Waals surface area contributed by atoms with Gasteiger partial charge in [-0.15, -0.1) is 0 Å². The summed E-state index contributed by atoms with van der Waals surface area (Å²) in [5.41, 5.74) is 12.1. The molecule has 1 heteroatoms. The Morgan fingerprint density at radius 1 is 0.587 bits per heavy atom. The van der Waals surface area contributed by atoms with E-state index in [1.807, 2.05) is 19.1 Å². The minimum absolute atomic E-state index is 0.101. The predicted octanol–water partition coefficient (Wildman–Crippen LogP) is 12.7. The van der Waals surface area contributed by atoms with Crippen molar-refractivity contribution in [2.24, 2.45) is 0 Å². The molecule has 46 heavy (non-hydrogen) atoms. The van der Waals surface area contributed by atoms with E-state index in [0.29, 0.717) is 16.9 Å². The fraction of sp³-hybridized carbons (Fsp3) is 0.200. The van der Waals surface area contributed by atoms with E-state index in [1.54, 1.807) is 13.0 Å². The van der Waals surface area contributed by atoms with Crippen LogP contribution in [-0.2, 0) is 10.8 Å². The molecule has 2 aliphatic rings. The number of benzene rings is 6. The molecule has 0 saturated carbocycles. The number of fused-ring (bicyclic) bond motifs is 10. The van der Waals surface area contributed by atoms with Crippen molar-refractivity contribution >= 4 is 0 Å². The molecular weight excluding hydrogens is 556 g/mol. The van der Waals surface area contributed by atoms with Gasteiger partial charge in [0.1, 0.15) is 11.5 Å². The van der Waals surface area contributed by atoms with E-state index >= 15 is 0 Å². The zero-order valence-corrected chi connectivity index (χ0v) is 26.9. The second-order valence-electron chi connectivity index (χ2n) is 13.9. The first-order valence-corrected chi connectivity index (χ1v) is 15.9. The lowest BCUT2D eigenvalue weighted by Crippen LogP contribution is -2.25. The highest BCUT2D eigenvalue weighted by molar-refractivity contribution is 6.04. The molecular formula is C45H40O. The van der Waals surface area contributed by atoms with Crippen molar-refractivity contribution in [3.63, 3.8) is 0 Å². The molecule has 1 aliphatic carbocycles. The van der Waals surface area contributed by atoms with Crippen LogP contribution in [0.5, 0.6) is 11.5 Å². The summed E-state index contributed by atoms with van der Waals surface area (Å²) in [7, 11) is 0. The highest BCUT2D eigenvalue weighted by Crippen LogP contribution is 2.55. The van der Waals surface area contributed by atoms with E-state index in [1.165, 1.54) is 17.7 Å². The van der Waals surface area contributed by atoms with Gasteiger partial charge in [-0.1, -0.05) is 132 Å². The summed E-state index contributed by atoms with van der Waals surface area (Å²) in [5.74, 6) is 0.704. The third-order valence-electron chi connectivity index (χ3n) is 9.81. The Morgan fingerprint density at radius 3 is 1.63 bits per heavy atom. The highest BCUT2D eigenvalue weighted by atomic mass is 16.5. The van der Waals surface area contributed by atoms with Crippen molar-refractivity contribution in [1.29, 1.82) is 0 Å². The molecule has 0 N–H and O–H groups in total. The zero-order valence-electron chi connectivity index (χ0n) is 32.9. The van der Waals surface area contributed by atoms with E-state index in [0.717, 1.165) is 61.2 Å². The summed E-state index contributed by atoms with van der Waals surface area (Å²) in [6.07, 6.45) is 0. The second kappa shape index (κ2) is 10.1. The number of hydrogen-bond acceptors (Lipinski definition) is 1. The molecule has 6 aromatic rings. The van der Waals surface area contributed by atoms with Gasteiger partial charge in [0.25, 0.3) is 0 Å². The second-order valence-corrected chi connectivity index (χ2v) is 13.9. The molecule has 8 rings (SSSR count). The van der Waals surface area contributed by atoms with Crippen LogP contribution >= 0.6 is 0 Å². The van der Waals surface area contributed by atoms with Gasteiger partial charge in [0.2, 0.25) is 0 Å². The fourth-order valence-electron chi connectivity index (χ4n) is 7.52. The maximum Gasteiger partial charge on any atom is 0.139 e. The topological polar surface area (TPSA) is 9.23 Å². The maximum absolute atomic E-state index is 8.88. The van der Waals surface area contributed by atoms with Crippen LogP contribution < -0.4 is 4.74 Å². The SMILES string of the molecule is [2H]C([2H])([2H])c1ccc2c(c1)Oc1c(ccc(C)c1-c1cc3c(cc1C(C)(C)C)-c1ccccc1-c1ccccc1-c1ccccc1-3)C2(C)C([2H])([2H])[2H]. The van der Waals surface area contributed by atoms with Crippen LogP contribution in [0.15, 0.2) is 115 Å². The Morgan fingerprint density at radius 2 is 1.11 bits per heavy atom. The van der Waals surface area contributed by atoms with Gasteiger partial charge in [-0.2, -0.15) is 0 Å². The lowest BCUT2D eigenvalue weighted by molar-refractivity contribution is 0.419. The molecule has 0 amide bonds. The Hall–Kier alpha value is -4.88. The third-order valence-corrected chi connectivity index (χ3v) is 9.81. The molecule has 0 bridgehead atoms. The van der Waals surface area contributed by atoms with Crippen molar-refractivity contribution in [2.75, 3.05) is 0 Å². The first kappa shape index (κ1) is 22.6. The number of hydrogen-bond donors (Lipinski definition) is 0. The quantitative estimate of drug-likeness (QED) is 0.182. The standard InChI is InChI=1S/C45H40O/c1-27-20-22-38-41(24-27)46-43-39(45(38,6)7)23-21-28(2)42(43)37-25-35-33-18-12-10-16-31(33)29-14-8-9-15-30(29)32-17-11-13-19-34(32)36(35)26-40(37)44(3,4)5/h8-26H,1-7H3/i1D3,6D3. The summed E-state index contributed by atoms with van der Waals surface area (Å²) in [6.45, 7) is 5.50. The Kier molecular flexibility index (Phi) is 4.94. The Bertz CT molecular complexity index is 2430. The molecule has 1 nitrogen and oxygen atoms in total. The fourth-order valence-corrected chi connectivity index (χ4v) is 7.52. The minimum Gasteiger partial charge on any atom is -0.456 e. The monoisotopic (exact) mass is 602 g/mol. The first-order chi connectivity index (χ1) is 24.5. The van der Waals surface area contributed by atoms with Crippen LogP contribution in [0.4, 0.5) is 0 Å². The molecule has 0 radical (unpaired) electrons. The molecule has 1 aliphatic heterocycles. The summed E-state index contributed by atoms with van der Waals surface area (Å²) < 4.78 is 57.8. The van der Waals surface area contributed by atoms with Crippen LogP contribution in [0.25, 0.3) is 55.6 Å². The molecule has 0 saturated heterocycles. The van der Waals surface area contributed by atoms with Gasteiger partial charge in [0, 0.05) is 30.3 Å². The maximum atomic E-state index is 8.88. The zero-order chi connectivity index (χ0) is 37.0.